The van der Waals surface area contributed by atoms with Crippen LogP contribution in [0, 0.1) is 12.8 Å². The topological polar surface area (TPSA) is 32.3 Å². The number of amides is 1. The Morgan fingerprint density at radius 1 is 1.58 bits per heavy atom. The van der Waals surface area contributed by atoms with E-state index in [0.29, 0.717) is 5.92 Å². The summed E-state index contributed by atoms with van der Waals surface area (Å²) in [5, 5.41) is 5.44. The molecule has 1 atom stereocenters. The Balaban J connectivity index is 2.02. The summed E-state index contributed by atoms with van der Waals surface area (Å²) >= 11 is 1.57. The van der Waals surface area contributed by atoms with Crippen LogP contribution in [0.5, 0.6) is 0 Å². The lowest BCUT2D eigenvalue weighted by Crippen LogP contribution is -2.41. The summed E-state index contributed by atoms with van der Waals surface area (Å²) in [5.41, 5.74) is 1.11. The predicted octanol–water partition coefficient (Wildman–Crippen LogP) is 2.91. The van der Waals surface area contributed by atoms with Crippen LogP contribution in [0.25, 0.3) is 0 Å². The van der Waals surface area contributed by atoms with E-state index in [4.69, 9.17) is 0 Å². The van der Waals surface area contributed by atoms with E-state index in [2.05, 4.69) is 17.1 Å². The number of piperidine rings is 1. The van der Waals surface area contributed by atoms with Crippen molar-refractivity contribution in [2.24, 2.45) is 5.92 Å². The van der Waals surface area contributed by atoms with Gasteiger partial charge in [-0.1, -0.05) is 6.92 Å². The first-order chi connectivity index (χ1) is 9.22. The summed E-state index contributed by atoms with van der Waals surface area (Å²) in [7, 11) is 0. The van der Waals surface area contributed by atoms with Gasteiger partial charge in [0, 0.05) is 13.1 Å². The minimum Gasteiger partial charge on any atom is -0.338 e. The van der Waals surface area contributed by atoms with Gasteiger partial charge in [0.25, 0.3) is 5.91 Å². The monoisotopic (exact) mass is 280 g/mol. The van der Waals surface area contributed by atoms with E-state index in [0.717, 1.165) is 43.0 Å². The van der Waals surface area contributed by atoms with E-state index in [1.807, 2.05) is 18.4 Å². The molecule has 1 saturated heterocycles. The molecule has 0 aromatic carbocycles. The minimum atomic E-state index is 0.222. The molecule has 3 nitrogen and oxygen atoms in total. The van der Waals surface area contributed by atoms with Gasteiger partial charge in [-0.2, -0.15) is 0 Å². The molecule has 1 aromatic heterocycles. The summed E-state index contributed by atoms with van der Waals surface area (Å²) < 4.78 is 0. The van der Waals surface area contributed by atoms with Crippen molar-refractivity contribution in [2.75, 3.05) is 26.2 Å². The van der Waals surface area contributed by atoms with Crippen molar-refractivity contribution in [3.05, 3.63) is 21.9 Å². The lowest BCUT2D eigenvalue weighted by atomic mass is 9.99. The van der Waals surface area contributed by atoms with E-state index in [-0.39, 0.29) is 5.91 Å². The van der Waals surface area contributed by atoms with Crippen molar-refractivity contribution in [1.82, 2.24) is 10.2 Å². The Labute approximate surface area is 120 Å². The summed E-state index contributed by atoms with van der Waals surface area (Å²) in [6.07, 6.45) is 3.50. The molecule has 0 spiro atoms. The van der Waals surface area contributed by atoms with Crippen molar-refractivity contribution in [1.29, 1.82) is 0 Å². The zero-order chi connectivity index (χ0) is 13.7. The zero-order valence-corrected chi connectivity index (χ0v) is 12.8. The number of aryl methyl sites for hydroxylation is 1. The third-order valence-corrected chi connectivity index (χ3v) is 4.72. The first-order valence-corrected chi connectivity index (χ1v) is 8.14. The van der Waals surface area contributed by atoms with Gasteiger partial charge in [-0.25, -0.2) is 0 Å². The summed E-state index contributed by atoms with van der Waals surface area (Å²) in [5.74, 6) is 0.837. The van der Waals surface area contributed by atoms with Gasteiger partial charge in [-0.15, -0.1) is 11.3 Å². The second-order valence-corrected chi connectivity index (χ2v) is 6.31. The fourth-order valence-electron chi connectivity index (χ4n) is 2.67. The number of hydrogen-bond donors (Lipinski definition) is 1. The summed E-state index contributed by atoms with van der Waals surface area (Å²) in [6.45, 7) is 8.11. The number of nitrogens with one attached hydrogen (secondary N) is 1. The molecule has 0 radical (unpaired) electrons. The molecule has 1 N–H and O–H groups in total. The number of carbonyl (C=O) groups excluding carboxylic acids is 1. The predicted molar refractivity (Wildman–Crippen MR) is 80.8 cm³/mol. The van der Waals surface area contributed by atoms with E-state index in [1.165, 1.54) is 12.8 Å². The molecule has 1 aromatic rings. The molecule has 0 aliphatic carbocycles. The average molecular weight is 280 g/mol. The van der Waals surface area contributed by atoms with Gasteiger partial charge in [0.2, 0.25) is 0 Å². The third kappa shape index (κ3) is 3.80. The van der Waals surface area contributed by atoms with E-state index in [1.54, 1.807) is 11.3 Å². The third-order valence-electron chi connectivity index (χ3n) is 3.71. The highest BCUT2D eigenvalue weighted by Gasteiger charge is 2.22. The second kappa shape index (κ2) is 7.06. The van der Waals surface area contributed by atoms with Crippen molar-refractivity contribution >= 4 is 17.2 Å². The van der Waals surface area contributed by atoms with Crippen molar-refractivity contribution < 1.29 is 4.79 Å². The van der Waals surface area contributed by atoms with Gasteiger partial charge in [0.15, 0.2) is 0 Å². The molecule has 1 amide bonds. The molecule has 19 heavy (non-hydrogen) atoms. The van der Waals surface area contributed by atoms with Gasteiger partial charge in [-0.05, 0) is 62.2 Å². The van der Waals surface area contributed by atoms with Crippen molar-refractivity contribution in [2.45, 2.75) is 33.1 Å². The van der Waals surface area contributed by atoms with Crippen LogP contribution in [0.1, 0.15) is 41.4 Å². The number of thiophene rings is 1. The molecule has 1 fully saturated rings. The highest BCUT2D eigenvalue weighted by atomic mass is 32.1. The molecule has 1 aliphatic heterocycles. The van der Waals surface area contributed by atoms with Gasteiger partial charge in [-0.3, -0.25) is 4.79 Å². The lowest BCUT2D eigenvalue weighted by Gasteiger charge is -2.30. The molecule has 2 heterocycles. The molecule has 1 unspecified atom stereocenters. The van der Waals surface area contributed by atoms with Gasteiger partial charge >= 0.3 is 0 Å². The average Bonchev–Trinajstić information content (AvgIpc) is 2.85. The maximum Gasteiger partial charge on any atom is 0.264 e. The largest absolute Gasteiger partial charge is 0.338 e. The van der Waals surface area contributed by atoms with Crippen LogP contribution in [0.3, 0.4) is 0 Å². The van der Waals surface area contributed by atoms with Crippen molar-refractivity contribution in [3.8, 4) is 0 Å². The van der Waals surface area contributed by atoms with Crippen LogP contribution in [0.4, 0.5) is 0 Å². The Hall–Kier alpha value is -0.870. The fourth-order valence-corrected chi connectivity index (χ4v) is 3.56. The zero-order valence-electron chi connectivity index (χ0n) is 11.9. The highest BCUT2D eigenvalue weighted by Crippen LogP contribution is 2.20. The SMILES string of the molecule is CCCN(CC1CCCNC1)C(=O)c1sccc1C. The van der Waals surface area contributed by atoms with Crippen LogP contribution < -0.4 is 5.32 Å². The van der Waals surface area contributed by atoms with Crippen LogP contribution in [0.15, 0.2) is 11.4 Å². The van der Waals surface area contributed by atoms with Crippen LogP contribution >= 0.6 is 11.3 Å². The molecule has 106 valence electrons. The summed E-state index contributed by atoms with van der Waals surface area (Å²) in [6, 6.07) is 2.03. The Bertz CT molecular complexity index is 410. The first-order valence-electron chi connectivity index (χ1n) is 7.26. The lowest BCUT2D eigenvalue weighted by molar-refractivity contribution is 0.0723. The van der Waals surface area contributed by atoms with E-state index < -0.39 is 0 Å². The molecule has 4 heteroatoms. The van der Waals surface area contributed by atoms with E-state index in [9.17, 15) is 4.79 Å². The first kappa shape index (κ1) is 14.5. The fraction of sp³-hybridized carbons (Fsp3) is 0.667. The second-order valence-electron chi connectivity index (χ2n) is 5.40. The van der Waals surface area contributed by atoms with Crippen LogP contribution in [-0.2, 0) is 0 Å². The van der Waals surface area contributed by atoms with Crippen LogP contribution in [-0.4, -0.2) is 37.0 Å². The maximum absolute atomic E-state index is 12.6. The normalized spacial score (nSPS) is 19.4. The number of carbonyl (C=O) groups is 1. The quantitative estimate of drug-likeness (QED) is 0.899. The summed E-state index contributed by atoms with van der Waals surface area (Å²) in [4.78, 5) is 15.6. The Morgan fingerprint density at radius 3 is 3.00 bits per heavy atom. The molecular weight excluding hydrogens is 256 g/mol. The maximum atomic E-state index is 12.6. The van der Waals surface area contributed by atoms with Gasteiger partial charge in [0.1, 0.15) is 0 Å². The minimum absolute atomic E-state index is 0.222. The molecule has 1 aliphatic rings. The smallest absolute Gasteiger partial charge is 0.264 e. The standard InChI is InChI=1S/C15H24N2OS/c1-3-8-17(11-13-5-4-7-16-10-13)15(18)14-12(2)6-9-19-14/h6,9,13,16H,3-5,7-8,10-11H2,1-2H3. The number of nitrogens with zero attached hydrogens (tertiary/aromatic N) is 1. The van der Waals surface area contributed by atoms with E-state index >= 15 is 0 Å². The molecule has 0 saturated carbocycles. The van der Waals surface area contributed by atoms with Crippen LogP contribution in [0.2, 0.25) is 0 Å². The molecular formula is C15H24N2OS. The number of rotatable bonds is 5. The molecule has 2 rings (SSSR count). The van der Waals surface area contributed by atoms with Gasteiger partial charge in [0.05, 0.1) is 4.88 Å². The Morgan fingerprint density at radius 2 is 2.42 bits per heavy atom. The molecule has 0 bridgehead atoms. The number of hydrogen-bond acceptors (Lipinski definition) is 3. The Kier molecular flexibility index (Phi) is 5.40. The van der Waals surface area contributed by atoms with Crippen molar-refractivity contribution in [3.63, 3.8) is 0 Å². The van der Waals surface area contributed by atoms with Gasteiger partial charge < -0.3 is 10.2 Å². The highest BCUT2D eigenvalue weighted by molar-refractivity contribution is 7.12.